The maximum Gasteiger partial charge on any atom is 0.198 e. The van der Waals surface area contributed by atoms with Crippen molar-refractivity contribution in [2.75, 3.05) is 0 Å². The molecule has 0 fully saturated rings. The molecule has 1 N–H and O–H groups in total. The van der Waals surface area contributed by atoms with Gasteiger partial charge in [-0.05, 0) is 46.4 Å². The molecule has 160 valence electrons. The first-order valence-corrected chi connectivity index (χ1v) is 10.8. The summed E-state index contributed by atoms with van der Waals surface area (Å²) in [5, 5.41) is 18.9. The Hall–Kier alpha value is -3.42. The van der Waals surface area contributed by atoms with Crippen molar-refractivity contribution in [3.63, 3.8) is 0 Å². The summed E-state index contributed by atoms with van der Waals surface area (Å²) in [6, 6.07) is 12.4. The van der Waals surface area contributed by atoms with Gasteiger partial charge >= 0.3 is 0 Å². The summed E-state index contributed by atoms with van der Waals surface area (Å²) < 4.78 is 2.06. The maximum absolute atomic E-state index is 4.79. The average Bonchev–Trinajstić information content (AvgIpc) is 3.44. The van der Waals surface area contributed by atoms with Crippen LogP contribution in [0, 0.1) is 5.92 Å². The number of aromatic nitrogens is 8. The van der Waals surface area contributed by atoms with E-state index >= 15 is 0 Å². The normalized spacial score (nSPS) is 11.4. The predicted molar refractivity (Wildman–Crippen MR) is 119 cm³/mol. The number of nitrogens with zero attached hydrogens (tertiary/aromatic N) is 7. The molecule has 0 atom stereocenters. The third-order valence-electron chi connectivity index (χ3n) is 5.19. The molecule has 0 aliphatic carbocycles. The Labute approximate surface area is 182 Å². The van der Waals surface area contributed by atoms with Crippen LogP contribution in [0.4, 0.5) is 0 Å². The smallest absolute Gasteiger partial charge is 0.198 e. The minimum atomic E-state index is 0.556. The number of aromatic amines is 1. The second kappa shape index (κ2) is 9.59. The first-order valence-electron chi connectivity index (χ1n) is 10.8. The van der Waals surface area contributed by atoms with Gasteiger partial charge in [-0.15, -0.1) is 5.10 Å². The molecule has 8 heteroatoms. The molecule has 0 radical (unpaired) electrons. The lowest BCUT2D eigenvalue weighted by Crippen LogP contribution is -2.07. The molecule has 4 rings (SSSR count). The molecule has 4 aromatic rings. The van der Waals surface area contributed by atoms with Crippen LogP contribution < -0.4 is 0 Å². The molecule has 0 aliphatic rings. The van der Waals surface area contributed by atoms with E-state index in [2.05, 4.69) is 75.3 Å². The molecule has 3 heterocycles. The van der Waals surface area contributed by atoms with Gasteiger partial charge in [-0.25, -0.2) is 14.8 Å². The summed E-state index contributed by atoms with van der Waals surface area (Å²) in [5.74, 6) is 3.23. The Morgan fingerprint density at radius 3 is 2.61 bits per heavy atom. The number of benzene rings is 1. The van der Waals surface area contributed by atoms with Gasteiger partial charge in [0.05, 0.1) is 6.54 Å². The van der Waals surface area contributed by atoms with Gasteiger partial charge < -0.3 is 0 Å². The molecule has 0 amide bonds. The van der Waals surface area contributed by atoms with Crippen LogP contribution in [0.5, 0.6) is 0 Å². The number of rotatable bonds is 9. The van der Waals surface area contributed by atoms with Crippen LogP contribution in [0.15, 0.2) is 42.6 Å². The fourth-order valence-electron chi connectivity index (χ4n) is 3.53. The largest absolute Gasteiger partial charge is 0.252 e. The number of H-pyrrole nitrogens is 1. The highest BCUT2D eigenvalue weighted by Crippen LogP contribution is 2.28. The molecule has 0 saturated carbocycles. The highest BCUT2D eigenvalue weighted by atomic mass is 15.5. The Balaban J connectivity index is 1.55. The number of hydrogen-bond donors (Lipinski definition) is 1. The standard InChI is InChI=1S/C23H28N8/c1-4-6-21-25-20(13-8-16(2)3)28-31(21)15-17-9-11-18(12-10-17)19-7-5-14-24-22(19)23-26-29-30-27-23/h5,7,9-12,14,16H,4,6,8,13,15H2,1-3H3,(H,26,27,29,30). The van der Waals surface area contributed by atoms with Crippen molar-refractivity contribution in [3.05, 3.63) is 59.8 Å². The summed E-state index contributed by atoms with van der Waals surface area (Å²) in [6.45, 7) is 7.36. The molecule has 31 heavy (non-hydrogen) atoms. The van der Waals surface area contributed by atoms with Crippen LogP contribution >= 0.6 is 0 Å². The summed E-state index contributed by atoms with van der Waals surface area (Å²) in [7, 11) is 0. The summed E-state index contributed by atoms with van der Waals surface area (Å²) in [6.07, 6.45) is 5.78. The first-order chi connectivity index (χ1) is 15.1. The van der Waals surface area contributed by atoms with Crippen LogP contribution in [-0.4, -0.2) is 40.4 Å². The highest BCUT2D eigenvalue weighted by Gasteiger charge is 2.13. The molecule has 0 saturated heterocycles. The van der Waals surface area contributed by atoms with Gasteiger partial charge in [-0.2, -0.15) is 5.10 Å². The molecular weight excluding hydrogens is 388 g/mol. The zero-order valence-electron chi connectivity index (χ0n) is 18.3. The Bertz CT molecular complexity index is 1100. The second-order valence-corrected chi connectivity index (χ2v) is 8.13. The van der Waals surface area contributed by atoms with E-state index in [4.69, 9.17) is 10.1 Å². The Morgan fingerprint density at radius 2 is 1.90 bits per heavy atom. The lowest BCUT2D eigenvalue weighted by atomic mass is 10.0. The van der Waals surface area contributed by atoms with Crippen molar-refractivity contribution < 1.29 is 0 Å². The van der Waals surface area contributed by atoms with E-state index < -0.39 is 0 Å². The van der Waals surface area contributed by atoms with Gasteiger partial charge in [0.2, 0.25) is 0 Å². The van der Waals surface area contributed by atoms with Crippen molar-refractivity contribution in [3.8, 4) is 22.6 Å². The highest BCUT2D eigenvalue weighted by molar-refractivity contribution is 5.77. The SMILES string of the molecule is CCCc1nc(CCC(C)C)nn1Cc1ccc(-c2cccnc2-c2nnn[nH]2)cc1. The van der Waals surface area contributed by atoms with Crippen LogP contribution in [0.25, 0.3) is 22.6 Å². The number of hydrogen-bond acceptors (Lipinski definition) is 6. The van der Waals surface area contributed by atoms with Crippen LogP contribution in [0.1, 0.15) is 50.8 Å². The molecule has 3 aromatic heterocycles. The monoisotopic (exact) mass is 416 g/mol. The van der Waals surface area contributed by atoms with Crippen molar-refractivity contribution in [1.82, 2.24) is 40.4 Å². The zero-order chi connectivity index (χ0) is 21.6. The van der Waals surface area contributed by atoms with E-state index in [0.717, 1.165) is 60.7 Å². The molecule has 0 aliphatic heterocycles. The molecule has 0 bridgehead atoms. The van der Waals surface area contributed by atoms with Crippen LogP contribution in [-0.2, 0) is 19.4 Å². The van der Waals surface area contributed by atoms with Crippen LogP contribution in [0.2, 0.25) is 0 Å². The maximum atomic E-state index is 4.79. The zero-order valence-corrected chi connectivity index (χ0v) is 18.3. The van der Waals surface area contributed by atoms with E-state index in [0.29, 0.717) is 11.7 Å². The number of nitrogens with one attached hydrogen (secondary N) is 1. The molecule has 1 aromatic carbocycles. The van der Waals surface area contributed by atoms with Gasteiger partial charge in [0, 0.05) is 24.6 Å². The third-order valence-corrected chi connectivity index (χ3v) is 5.19. The molecule has 0 unspecified atom stereocenters. The quantitative estimate of drug-likeness (QED) is 0.441. The van der Waals surface area contributed by atoms with Gasteiger partial charge in [0.25, 0.3) is 0 Å². The summed E-state index contributed by atoms with van der Waals surface area (Å²) >= 11 is 0. The number of aryl methyl sites for hydroxylation is 2. The van der Waals surface area contributed by atoms with Crippen molar-refractivity contribution in [2.45, 2.75) is 53.0 Å². The predicted octanol–water partition coefficient (Wildman–Crippen LogP) is 4.11. The second-order valence-electron chi connectivity index (χ2n) is 8.13. The van der Waals surface area contributed by atoms with E-state index in [1.165, 1.54) is 5.56 Å². The number of tetrazole rings is 1. The Kier molecular flexibility index (Phi) is 6.45. The molecule has 8 nitrogen and oxygen atoms in total. The van der Waals surface area contributed by atoms with E-state index in [-0.39, 0.29) is 0 Å². The van der Waals surface area contributed by atoms with Gasteiger partial charge in [0.1, 0.15) is 11.5 Å². The van der Waals surface area contributed by atoms with E-state index in [9.17, 15) is 0 Å². The molecular formula is C23H28N8. The minimum absolute atomic E-state index is 0.556. The summed E-state index contributed by atoms with van der Waals surface area (Å²) in [4.78, 5) is 9.25. The summed E-state index contributed by atoms with van der Waals surface area (Å²) in [5.41, 5.74) is 3.97. The van der Waals surface area contributed by atoms with Crippen molar-refractivity contribution in [2.24, 2.45) is 5.92 Å². The molecule has 0 spiro atoms. The minimum Gasteiger partial charge on any atom is -0.252 e. The number of pyridine rings is 1. The van der Waals surface area contributed by atoms with E-state index in [1.807, 2.05) is 12.1 Å². The van der Waals surface area contributed by atoms with Crippen molar-refractivity contribution in [1.29, 1.82) is 0 Å². The lowest BCUT2D eigenvalue weighted by Gasteiger charge is -2.09. The van der Waals surface area contributed by atoms with Gasteiger partial charge in [-0.1, -0.05) is 51.1 Å². The first kappa shape index (κ1) is 20.8. The lowest BCUT2D eigenvalue weighted by molar-refractivity contribution is 0.567. The fourth-order valence-corrected chi connectivity index (χ4v) is 3.53. The van der Waals surface area contributed by atoms with E-state index in [1.54, 1.807) is 6.20 Å². The van der Waals surface area contributed by atoms with Crippen LogP contribution in [0.3, 0.4) is 0 Å². The topological polar surface area (TPSA) is 98.1 Å². The van der Waals surface area contributed by atoms with Gasteiger partial charge in [0.15, 0.2) is 11.6 Å². The third kappa shape index (κ3) is 5.02. The van der Waals surface area contributed by atoms with Crippen molar-refractivity contribution >= 4 is 0 Å². The fraction of sp³-hybridized carbons (Fsp3) is 0.391. The Morgan fingerprint density at radius 1 is 1.06 bits per heavy atom. The average molecular weight is 417 g/mol. The van der Waals surface area contributed by atoms with Gasteiger partial charge in [-0.3, -0.25) is 4.98 Å².